The maximum Gasteiger partial charge on any atom is 0.490 e. The number of rotatable bonds is 6. The molecule has 1 aromatic carbocycles. The van der Waals surface area contributed by atoms with Crippen LogP contribution in [0.4, 0.5) is 13.2 Å². The van der Waals surface area contributed by atoms with Crippen LogP contribution in [-0.4, -0.2) is 52.4 Å². The van der Waals surface area contributed by atoms with E-state index in [0.717, 1.165) is 45.7 Å². The molecule has 34 heavy (non-hydrogen) atoms. The van der Waals surface area contributed by atoms with Crippen molar-refractivity contribution >= 4 is 28.6 Å². The molecule has 0 unspecified atom stereocenters. The third-order valence-electron chi connectivity index (χ3n) is 4.57. The molecule has 3 N–H and O–H groups in total. The number of carboxylic acid groups (broad SMARTS) is 1. The number of H-pyrrole nitrogens is 1. The Kier molecular flexibility index (Phi) is 8.08. The number of fused-ring (bicyclic) bond motifs is 1. The number of nitrogens with zero attached hydrogens (tertiary/aromatic N) is 2. The maximum atomic E-state index is 10.6. The lowest BCUT2D eigenvalue weighted by atomic mass is 10.0. The average Bonchev–Trinajstić information content (AvgIpc) is 3.19. The minimum Gasteiger partial charge on any atom is -0.490 e. The van der Waals surface area contributed by atoms with Gasteiger partial charge in [0.2, 0.25) is 0 Å². The first-order chi connectivity index (χ1) is 16.2. The number of alkyl halides is 3. The molecule has 0 aliphatic rings. The van der Waals surface area contributed by atoms with Crippen molar-refractivity contribution in [3.05, 3.63) is 66.1 Å². The summed E-state index contributed by atoms with van der Waals surface area (Å²) in [5.74, 6) is -2.03. The van der Waals surface area contributed by atoms with Crippen molar-refractivity contribution in [2.45, 2.75) is 6.18 Å². The molecule has 0 atom stereocenters. The van der Waals surface area contributed by atoms with E-state index in [1.54, 1.807) is 18.6 Å². The molecule has 0 bridgehead atoms. The fourth-order valence-electron chi connectivity index (χ4n) is 3.11. The average molecular weight is 493 g/mol. The highest BCUT2D eigenvalue weighted by atomic mass is 35.5. The van der Waals surface area contributed by atoms with Crippen LogP contribution in [0.3, 0.4) is 0 Å². The topological polar surface area (TPSA) is 100 Å². The van der Waals surface area contributed by atoms with Gasteiger partial charge in [0.05, 0.1) is 22.9 Å². The summed E-state index contributed by atoms with van der Waals surface area (Å²) in [6.07, 6.45) is 0.220. The van der Waals surface area contributed by atoms with Crippen molar-refractivity contribution in [2.24, 2.45) is 0 Å². The summed E-state index contributed by atoms with van der Waals surface area (Å²) in [5, 5.41) is 10.9. The van der Waals surface area contributed by atoms with Crippen molar-refractivity contribution in [3.8, 4) is 28.1 Å². The van der Waals surface area contributed by atoms with Gasteiger partial charge in [-0.05, 0) is 42.9 Å². The second-order valence-corrected chi connectivity index (χ2v) is 7.35. The summed E-state index contributed by atoms with van der Waals surface area (Å²) in [7, 11) is 1.90. The predicted molar refractivity (Wildman–Crippen MR) is 123 cm³/mol. The minimum absolute atomic E-state index is 0.556. The van der Waals surface area contributed by atoms with Crippen LogP contribution in [0.2, 0.25) is 5.02 Å². The van der Waals surface area contributed by atoms with E-state index in [4.69, 9.17) is 26.2 Å². The molecule has 0 aliphatic heterocycles. The van der Waals surface area contributed by atoms with E-state index in [2.05, 4.69) is 20.3 Å². The van der Waals surface area contributed by atoms with E-state index in [9.17, 15) is 13.2 Å². The zero-order valence-electron chi connectivity index (χ0n) is 17.9. The first-order valence-electron chi connectivity index (χ1n) is 9.97. The quantitative estimate of drug-likeness (QED) is 0.321. The standard InChI is InChI=1S/C21H19ClN4O.C2HF3O2/c1-23-10-11-27-18-13-24-9-7-16(18)20-19(14-4-2-5-15(22)12-14)21-17(26-20)6-3-8-25-21;3-2(4,5)1(6)7/h2-9,12-13,23,26H,10-11H2,1H3;(H,6,7). The molecule has 0 aliphatic carbocycles. The predicted octanol–water partition coefficient (Wildman–Crippen LogP) is 5.18. The molecule has 4 aromatic rings. The van der Waals surface area contributed by atoms with Crippen LogP contribution in [0.25, 0.3) is 33.4 Å². The number of hydrogen-bond acceptors (Lipinski definition) is 5. The van der Waals surface area contributed by atoms with Gasteiger partial charge in [0.15, 0.2) is 0 Å². The number of aromatic nitrogens is 3. The van der Waals surface area contributed by atoms with E-state index >= 15 is 0 Å². The Labute approximate surface area is 197 Å². The number of carbonyl (C=O) groups is 1. The number of halogens is 4. The molecular weight excluding hydrogens is 473 g/mol. The highest BCUT2D eigenvalue weighted by Crippen LogP contribution is 2.40. The monoisotopic (exact) mass is 492 g/mol. The Hall–Kier alpha value is -3.63. The van der Waals surface area contributed by atoms with Crippen molar-refractivity contribution in [2.75, 3.05) is 20.2 Å². The summed E-state index contributed by atoms with van der Waals surface area (Å²) >= 11 is 6.25. The number of aliphatic carboxylic acids is 1. The van der Waals surface area contributed by atoms with E-state index in [1.807, 2.05) is 49.5 Å². The Morgan fingerprint density at radius 3 is 2.65 bits per heavy atom. The molecule has 0 saturated heterocycles. The summed E-state index contributed by atoms with van der Waals surface area (Å²) in [6, 6.07) is 13.7. The SMILES string of the molecule is CNCCOc1cnccc1-c1[nH]c2cccnc2c1-c1cccc(Cl)c1.O=C(O)C(F)(F)F. The highest BCUT2D eigenvalue weighted by Gasteiger charge is 2.38. The third-order valence-corrected chi connectivity index (χ3v) is 4.81. The molecule has 4 rings (SSSR count). The molecule has 0 radical (unpaired) electrons. The van der Waals surface area contributed by atoms with Gasteiger partial charge >= 0.3 is 12.1 Å². The van der Waals surface area contributed by atoms with Gasteiger partial charge in [-0.2, -0.15) is 13.2 Å². The first kappa shape index (κ1) is 25.0. The molecule has 3 heterocycles. The Bertz CT molecular complexity index is 1280. The fourth-order valence-corrected chi connectivity index (χ4v) is 3.30. The number of nitrogens with one attached hydrogen (secondary N) is 2. The zero-order valence-corrected chi connectivity index (χ0v) is 18.6. The lowest BCUT2D eigenvalue weighted by molar-refractivity contribution is -0.192. The number of carboxylic acids is 1. The summed E-state index contributed by atoms with van der Waals surface area (Å²) < 4.78 is 37.7. The molecule has 0 amide bonds. The zero-order chi connectivity index (χ0) is 24.7. The smallest absolute Gasteiger partial charge is 0.490 e. The molecule has 11 heteroatoms. The van der Waals surface area contributed by atoms with Gasteiger partial charge < -0.3 is 20.1 Å². The largest absolute Gasteiger partial charge is 0.490 e. The van der Waals surface area contributed by atoms with Crippen LogP contribution >= 0.6 is 11.6 Å². The fraction of sp³-hybridized carbons (Fsp3) is 0.174. The second-order valence-electron chi connectivity index (χ2n) is 6.91. The van der Waals surface area contributed by atoms with Gasteiger partial charge in [0.25, 0.3) is 0 Å². The van der Waals surface area contributed by atoms with Crippen molar-refractivity contribution in [1.29, 1.82) is 0 Å². The van der Waals surface area contributed by atoms with Crippen LogP contribution in [0.5, 0.6) is 5.75 Å². The molecule has 3 aromatic heterocycles. The van der Waals surface area contributed by atoms with Crippen LogP contribution in [0.15, 0.2) is 61.1 Å². The minimum atomic E-state index is -5.08. The van der Waals surface area contributed by atoms with E-state index in [-0.39, 0.29) is 0 Å². The summed E-state index contributed by atoms with van der Waals surface area (Å²) in [4.78, 5) is 21.2. The van der Waals surface area contributed by atoms with Crippen LogP contribution in [0, 0.1) is 0 Å². The number of likely N-dealkylation sites (N-methyl/N-ethyl adjacent to an activating group) is 1. The number of benzene rings is 1. The molecular formula is C23H20ClF3N4O3. The summed E-state index contributed by atoms with van der Waals surface area (Å²) in [5.41, 5.74) is 5.73. The van der Waals surface area contributed by atoms with Crippen LogP contribution < -0.4 is 10.1 Å². The Morgan fingerprint density at radius 2 is 1.97 bits per heavy atom. The highest BCUT2D eigenvalue weighted by molar-refractivity contribution is 6.31. The number of aromatic amines is 1. The molecule has 7 nitrogen and oxygen atoms in total. The lowest BCUT2D eigenvalue weighted by Gasteiger charge is -2.12. The van der Waals surface area contributed by atoms with Crippen molar-refractivity contribution in [1.82, 2.24) is 20.3 Å². The molecule has 178 valence electrons. The molecule has 0 fully saturated rings. The first-order valence-corrected chi connectivity index (χ1v) is 10.3. The van der Waals surface area contributed by atoms with E-state index < -0.39 is 12.1 Å². The van der Waals surface area contributed by atoms with Crippen molar-refractivity contribution in [3.63, 3.8) is 0 Å². The normalized spacial score (nSPS) is 11.1. The number of pyridine rings is 2. The van der Waals surface area contributed by atoms with Crippen LogP contribution in [-0.2, 0) is 4.79 Å². The molecule has 0 saturated carbocycles. The van der Waals surface area contributed by atoms with Gasteiger partial charge in [-0.1, -0.05) is 23.7 Å². The third kappa shape index (κ3) is 6.03. The van der Waals surface area contributed by atoms with Gasteiger partial charge in [-0.15, -0.1) is 0 Å². The van der Waals surface area contributed by atoms with Crippen molar-refractivity contribution < 1.29 is 27.8 Å². The van der Waals surface area contributed by atoms with Gasteiger partial charge in [-0.3, -0.25) is 9.97 Å². The summed E-state index contributed by atoms with van der Waals surface area (Å²) in [6.45, 7) is 1.31. The maximum absolute atomic E-state index is 10.6. The van der Waals surface area contributed by atoms with Gasteiger partial charge in [-0.25, -0.2) is 4.79 Å². The number of hydrogen-bond donors (Lipinski definition) is 3. The van der Waals surface area contributed by atoms with Gasteiger partial charge in [0, 0.05) is 35.1 Å². The van der Waals surface area contributed by atoms with Crippen LogP contribution in [0.1, 0.15) is 0 Å². The Balaban J connectivity index is 0.000000406. The van der Waals surface area contributed by atoms with E-state index in [1.165, 1.54) is 0 Å². The van der Waals surface area contributed by atoms with Gasteiger partial charge in [0.1, 0.15) is 12.4 Å². The molecule has 0 spiro atoms. The lowest BCUT2D eigenvalue weighted by Crippen LogP contribution is -2.21. The van der Waals surface area contributed by atoms with E-state index in [0.29, 0.717) is 11.6 Å². The Morgan fingerprint density at radius 1 is 1.21 bits per heavy atom. The second kappa shape index (κ2) is 11.0. The number of ether oxygens (including phenoxy) is 1.